The summed E-state index contributed by atoms with van der Waals surface area (Å²) in [6.45, 7) is 1.77. The van der Waals surface area contributed by atoms with E-state index >= 15 is 0 Å². The second kappa shape index (κ2) is 4.23. The van der Waals surface area contributed by atoms with Gasteiger partial charge in [-0.1, -0.05) is 5.16 Å². The maximum atomic E-state index is 12.0. The van der Waals surface area contributed by atoms with Crippen molar-refractivity contribution in [3.05, 3.63) is 41.1 Å². The van der Waals surface area contributed by atoms with Crippen molar-refractivity contribution in [3.63, 3.8) is 0 Å². The summed E-state index contributed by atoms with van der Waals surface area (Å²) in [5.74, 6) is 0.865. The van der Waals surface area contributed by atoms with Gasteiger partial charge in [0.25, 0.3) is 5.91 Å². The van der Waals surface area contributed by atoms with Crippen LogP contribution < -0.4 is 5.32 Å². The predicted molar refractivity (Wildman–Crippen MR) is 68.8 cm³/mol. The first-order valence-corrected chi connectivity index (χ1v) is 6.18. The first-order valence-electron chi connectivity index (χ1n) is 5.30. The molecule has 6 heteroatoms. The zero-order valence-corrected chi connectivity index (χ0v) is 10.3. The molecular weight excluding hydrogens is 250 g/mol. The Bertz CT molecular complexity index is 717. The molecule has 0 spiro atoms. The van der Waals surface area contributed by atoms with E-state index in [9.17, 15) is 4.79 Å². The Balaban J connectivity index is 1.87. The van der Waals surface area contributed by atoms with Gasteiger partial charge in [-0.05, 0) is 25.1 Å². The van der Waals surface area contributed by atoms with Crippen LogP contribution >= 0.6 is 11.3 Å². The van der Waals surface area contributed by atoms with Gasteiger partial charge in [0.2, 0.25) is 0 Å². The first-order chi connectivity index (χ1) is 8.72. The number of nitrogens with zero attached hydrogens (tertiary/aromatic N) is 2. The third-order valence-electron chi connectivity index (χ3n) is 2.46. The van der Waals surface area contributed by atoms with E-state index < -0.39 is 0 Å². The Morgan fingerprint density at radius 1 is 1.39 bits per heavy atom. The average molecular weight is 259 g/mol. The number of hydrogen-bond donors (Lipinski definition) is 1. The number of nitrogens with one attached hydrogen (secondary N) is 1. The molecule has 0 aliphatic heterocycles. The van der Waals surface area contributed by atoms with Crippen molar-refractivity contribution in [1.82, 2.24) is 10.1 Å². The van der Waals surface area contributed by atoms with Gasteiger partial charge in [0.15, 0.2) is 5.82 Å². The highest BCUT2D eigenvalue weighted by Crippen LogP contribution is 2.19. The molecule has 1 N–H and O–H groups in total. The minimum absolute atomic E-state index is 0.210. The number of fused-ring (bicyclic) bond motifs is 1. The van der Waals surface area contributed by atoms with E-state index in [1.165, 1.54) is 11.3 Å². The number of amides is 1. The molecule has 90 valence electrons. The fourth-order valence-corrected chi connectivity index (χ4v) is 2.33. The predicted octanol–water partition coefficient (Wildman–Crippen LogP) is 2.85. The van der Waals surface area contributed by atoms with Crippen LogP contribution in [0.15, 0.2) is 34.3 Å². The lowest BCUT2D eigenvalue weighted by atomic mass is 10.2. The highest BCUT2D eigenvalue weighted by atomic mass is 32.1. The lowest BCUT2D eigenvalue weighted by molar-refractivity contribution is 0.102. The number of rotatable bonds is 2. The summed E-state index contributed by atoms with van der Waals surface area (Å²) in [7, 11) is 0. The number of benzene rings is 1. The number of carbonyl (C=O) groups is 1. The van der Waals surface area contributed by atoms with E-state index in [2.05, 4.69) is 15.5 Å². The molecule has 1 amide bonds. The molecule has 0 aliphatic rings. The molecule has 0 fully saturated rings. The van der Waals surface area contributed by atoms with Crippen molar-refractivity contribution in [1.29, 1.82) is 0 Å². The van der Waals surface area contributed by atoms with E-state index in [1.54, 1.807) is 24.6 Å². The molecule has 3 rings (SSSR count). The van der Waals surface area contributed by atoms with E-state index in [0.717, 1.165) is 10.2 Å². The Morgan fingerprint density at radius 2 is 2.28 bits per heavy atom. The first kappa shape index (κ1) is 10.9. The molecule has 3 aromatic rings. The number of anilines is 1. The van der Waals surface area contributed by atoms with Gasteiger partial charge in [-0.2, -0.15) is 0 Å². The molecule has 0 saturated carbocycles. The maximum absolute atomic E-state index is 12.0. The van der Waals surface area contributed by atoms with Crippen molar-refractivity contribution in [3.8, 4) is 0 Å². The van der Waals surface area contributed by atoms with Crippen molar-refractivity contribution in [2.24, 2.45) is 0 Å². The molecule has 5 nitrogen and oxygen atoms in total. The van der Waals surface area contributed by atoms with Crippen molar-refractivity contribution in [2.45, 2.75) is 6.92 Å². The molecule has 0 atom stereocenters. The number of aromatic nitrogens is 2. The molecule has 1 aromatic carbocycles. The van der Waals surface area contributed by atoms with Crippen LogP contribution in [-0.2, 0) is 0 Å². The zero-order valence-electron chi connectivity index (χ0n) is 9.51. The molecule has 2 aromatic heterocycles. The second-order valence-electron chi connectivity index (χ2n) is 3.81. The third kappa shape index (κ3) is 1.98. The minimum atomic E-state index is -0.210. The summed E-state index contributed by atoms with van der Waals surface area (Å²) < 4.78 is 5.87. The summed E-state index contributed by atoms with van der Waals surface area (Å²) in [6, 6.07) is 7.05. The monoisotopic (exact) mass is 259 g/mol. The minimum Gasteiger partial charge on any atom is -0.360 e. The van der Waals surface area contributed by atoms with Gasteiger partial charge in [-0.15, -0.1) is 11.3 Å². The average Bonchev–Trinajstić information content (AvgIpc) is 2.96. The van der Waals surface area contributed by atoms with Crippen LogP contribution in [-0.4, -0.2) is 16.0 Å². The molecule has 0 saturated heterocycles. The summed E-state index contributed by atoms with van der Waals surface area (Å²) in [6.07, 6.45) is 0. The summed E-state index contributed by atoms with van der Waals surface area (Å²) in [4.78, 5) is 16.1. The van der Waals surface area contributed by atoms with E-state index in [-0.39, 0.29) is 5.91 Å². The Morgan fingerprint density at radius 3 is 3.06 bits per heavy atom. The molecule has 18 heavy (non-hydrogen) atoms. The van der Waals surface area contributed by atoms with Crippen LogP contribution in [0.3, 0.4) is 0 Å². The van der Waals surface area contributed by atoms with Gasteiger partial charge in [0.05, 0.1) is 15.7 Å². The standard InChI is InChI=1S/C12H9N3O2S/c1-7-4-11(15-17-7)14-12(16)8-2-3-9-10(5-8)18-6-13-9/h2-6H,1H3,(H,14,15,16). The van der Waals surface area contributed by atoms with Crippen LogP contribution in [0, 0.1) is 6.92 Å². The SMILES string of the molecule is Cc1cc(NC(=O)c2ccc3ncsc3c2)no1. The van der Waals surface area contributed by atoms with Crippen LogP contribution in [0.4, 0.5) is 5.82 Å². The number of carbonyl (C=O) groups excluding carboxylic acids is 1. The highest BCUT2D eigenvalue weighted by Gasteiger charge is 2.10. The van der Waals surface area contributed by atoms with E-state index in [1.807, 2.05) is 12.1 Å². The van der Waals surface area contributed by atoms with Crippen LogP contribution in [0.2, 0.25) is 0 Å². The van der Waals surface area contributed by atoms with Gasteiger partial charge in [0, 0.05) is 11.6 Å². The van der Waals surface area contributed by atoms with Crippen molar-refractivity contribution < 1.29 is 9.32 Å². The van der Waals surface area contributed by atoms with Crippen molar-refractivity contribution in [2.75, 3.05) is 5.32 Å². The molecular formula is C12H9N3O2S. The summed E-state index contributed by atoms with van der Waals surface area (Å²) >= 11 is 1.50. The number of hydrogen-bond acceptors (Lipinski definition) is 5. The van der Waals surface area contributed by atoms with Gasteiger partial charge < -0.3 is 9.84 Å². The third-order valence-corrected chi connectivity index (χ3v) is 3.25. The van der Waals surface area contributed by atoms with Gasteiger partial charge in [-0.3, -0.25) is 4.79 Å². The molecule has 0 bridgehead atoms. The van der Waals surface area contributed by atoms with E-state index in [4.69, 9.17) is 4.52 Å². The molecule has 0 unspecified atom stereocenters. The molecule has 0 aliphatic carbocycles. The van der Waals surface area contributed by atoms with Crippen LogP contribution in [0.25, 0.3) is 10.2 Å². The normalized spacial score (nSPS) is 10.7. The van der Waals surface area contributed by atoms with Gasteiger partial charge in [-0.25, -0.2) is 4.98 Å². The lowest BCUT2D eigenvalue weighted by Gasteiger charge is -2.00. The van der Waals surface area contributed by atoms with Crippen LogP contribution in [0.1, 0.15) is 16.1 Å². The lowest BCUT2D eigenvalue weighted by Crippen LogP contribution is -2.11. The van der Waals surface area contributed by atoms with Gasteiger partial charge in [0.1, 0.15) is 5.76 Å². The molecule has 2 heterocycles. The van der Waals surface area contributed by atoms with Crippen molar-refractivity contribution >= 4 is 33.3 Å². The fraction of sp³-hybridized carbons (Fsp3) is 0.0833. The smallest absolute Gasteiger partial charge is 0.256 e. The van der Waals surface area contributed by atoms with E-state index in [0.29, 0.717) is 17.1 Å². The Hall–Kier alpha value is -2.21. The Kier molecular flexibility index (Phi) is 2.56. The summed E-state index contributed by atoms with van der Waals surface area (Å²) in [5.41, 5.74) is 3.23. The maximum Gasteiger partial charge on any atom is 0.256 e. The van der Waals surface area contributed by atoms with Gasteiger partial charge >= 0.3 is 0 Å². The topological polar surface area (TPSA) is 68.0 Å². The zero-order chi connectivity index (χ0) is 12.5. The largest absolute Gasteiger partial charge is 0.360 e. The summed E-state index contributed by atoms with van der Waals surface area (Å²) in [5, 5.41) is 6.39. The quantitative estimate of drug-likeness (QED) is 0.768. The molecule has 0 radical (unpaired) electrons. The fourth-order valence-electron chi connectivity index (χ4n) is 1.61. The van der Waals surface area contributed by atoms with Crippen LogP contribution in [0.5, 0.6) is 0 Å². The number of aryl methyl sites for hydroxylation is 1. The number of thiazole rings is 1. The second-order valence-corrected chi connectivity index (χ2v) is 4.70. The highest BCUT2D eigenvalue weighted by molar-refractivity contribution is 7.16. The Labute approximate surface area is 106 Å².